The van der Waals surface area contributed by atoms with Gasteiger partial charge in [0.1, 0.15) is 22.3 Å². The van der Waals surface area contributed by atoms with E-state index < -0.39 is 10.0 Å². The molecule has 1 N–H and O–H groups in total. The summed E-state index contributed by atoms with van der Waals surface area (Å²) >= 11 is 0. The molecule has 0 bridgehead atoms. The lowest BCUT2D eigenvalue weighted by Crippen LogP contribution is -2.36. The highest BCUT2D eigenvalue weighted by molar-refractivity contribution is 7.89. The number of nitrogens with one attached hydrogen (secondary N) is 1. The molecule has 250 valence electrons. The van der Waals surface area contributed by atoms with Crippen LogP contribution in [0.2, 0.25) is 0 Å². The van der Waals surface area contributed by atoms with E-state index in [9.17, 15) is 13.2 Å². The molecule has 6 rings (SSSR count). The van der Waals surface area contributed by atoms with Crippen molar-refractivity contribution in [2.24, 2.45) is 0 Å². The summed E-state index contributed by atoms with van der Waals surface area (Å²) in [6.07, 6.45) is 5.05. The van der Waals surface area contributed by atoms with E-state index >= 15 is 0 Å². The Balaban J connectivity index is 1.39. The molecule has 0 spiro atoms. The third-order valence-electron chi connectivity index (χ3n) is 8.90. The van der Waals surface area contributed by atoms with Crippen LogP contribution in [0.4, 0.5) is 5.69 Å². The third kappa shape index (κ3) is 6.47. The average molecular weight is 670 g/mol. The molecule has 0 saturated heterocycles. The second-order valence-electron chi connectivity index (χ2n) is 11.9. The van der Waals surface area contributed by atoms with Crippen LogP contribution in [0, 0.1) is 13.8 Å². The largest absolute Gasteiger partial charge is 0.495 e. The smallest absolute Gasteiger partial charge is 0.248 e. The summed E-state index contributed by atoms with van der Waals surface area (Å²) in [4.78, 5) is 22.1. The van der Waals surface area contributed by atoms with Crippen LogP contribution >= 0.6 is 0 Å². The number of carbonyl (C=O) groups excluding carboxylic acids is 1. The molecule has 2 atom stereocenters. The SMILES string of the molecule is CC[C@@H]1CN(Cc2cc(C(CC(=O)Nc3cncc(OC)c3)c3ccc4c(nnn4CC)c3C)ccc2C)S(=O)(=O)c2cccnc2O1. The maximum atomic E-state index is 13.9. The number of hydrogen-bond donors (Lipinski definition) is 1. The van der Waals surface area contributed by atoms with Crippen LogP contribution in [0.5, 0.6) is 11.6 Å². The summed E-state index contributed by atoms with van der Waals surface area (Å²) in [7, 11) is -2.36. The first-order valence-electron chi connectivity index (χ1n) is 16.0. The van der Waals surface area contributed by atoms with Crippen molar-refractivity contribution in [3.63, 3.8) is 0 Å². The van der Waals surface area contributed by atoms with Crippen molar-refractivity contribution in [3.05, 3.63) is 94.9 Å². The quantitative estimate of drug-likeness (QED) is 0.207. The van der Waals surface area contributed by atoms with Gasteiger partial charge in [-0.05, 0) is 73.2 Å². The Kier molecular flexibility index (Phi) is 9.42. The molecule has 1 amide bonds. The van der Waals surface area contributed by atoms with Gasteiger partial charge in [-0.25, -0.2) is 18.1 Å². The van der Waals surface area contributed by atoms with Gasteiger partial charge in [-0.1, -0.05) is 36.4 Å². The molecule has 5 aromatic rings. The summed E-state index contributed by atoms with van der Waals surface area (Å²) < 4.78 is 42.5. The molecule has 1 aliphatic heterocycles. The van der Waals surface area contributed by atoms with Gasteiger partial charge in [-0.15, -0.1) is 5.10 Å². The van der Waals surface area contributed by atoms with Gasteiger partial charge >= 0.3 is 0 Å². The number of pyridine rings is 2. The third-order valence-corrected chi connectivity index (χ3v) is 10.7. The Hall–Kier alpha value is -4.88. The minimum Gasteiger partial charge on any atom is -0.495 e. The van der Waals surface area contributed by atoms with Gasteiger partial charge in [-0.3, -0.25) is 9.78 Å². The summed E-state index contributed by atoms with van der Waals surface area (Å²) in [5, 5.41) is 11.7. The van der Waals surface area contributed by atoms with Crippen LogP contribution in [-0.4, -0.2) is 63.4 Å². The first-order chi connectivity index (χ1) is 23.1. The van der Waals surface area contributed by atoms with Crippen molar-refractivity contribution < 1.29 is 22.7 Å². The van der Waals surface area contributed by atoms with Crippen molar-refractivity contribution >= 4 is 32.7 Å². The van der Waals surface area contributed by atoms with Gasteiger partial charge in [0.05, 0.1) is 37.3 Å². The maximum absolute atomic E-state index is 13.9. The number of fused-ring (bicyclic) bond motifs is 2. The molecule has 0 fully saturated rings. The molecule has 0 radical (unpaired) electrons. The zero-order valence-electron chi connectivity index (χ0n) is 27.7. The normalized spacial score (nSPS) is 16.5. The molecule has 0 saturated carbocycles. The number of sulfonamides is 1. The van der Waals surface area contributed by atoms with Crippen LogP contribution in [0.3, 0.4) is 0 Å². The van der Waals surface area contributed by atoms with E-state index in [2.05, 4.69) is 25.6 Å². The average Bonchev–Trinajstić information content (AvgIpc) is 3.48. The summed E-state index contributed by atoms with van der Waals surface area (Å²) in [6.45, 7) is 8.94. The number of carbonyl (C=O) groups is 1. The van der Waals surface area contributed by atoms with Crippen molar-refractivity contribution in [1.82, 2.24) is 29.3 Å². The van der Waals surface area contributed by atoms with Gasteiger partial charge in [-0.2, -0.15) is 4.31 Å². The molecule has 4 heterocycles. The number of aromatic nitrogens is 5. The molecule has 1 aliphatic rings. The number of aryl methyl sites for hydroxylation is 3. The summed E-state index contributed by atoms with van der Waals surface area (Å²) in [5.41, 5.74) is 6.71. The fraction of sp³-hybridized carbons (Fsp3) is 0.343. The van der Waals surface area contributed by atoms with Crippen molar-refractivity contribution in [2.75, 3.05) is 19.0 Å². The lowest BCUT2D eigenvalue weighted by Gasteiger charge is -2.25. The number of anilines is 1. The van der Waals surface area contributed by atoms with Gasteiger partial charge in [0.25, 0.3) is 0 Å². The Morgan fingerprint density at radius 1 is 1.12 bits per heavy atom. The number of amides is 1. The van der Waals surface area contributed by atoms with E-state index in [0.29, 0.717) is 24.4 Å². The molecule has 13 heteroatoms. The second kappa shape index (κ2) is 13.7. The molecule has 48 heavy (non-hydrogen) atoms. The van der Waals surface area contributed by atoms with E-state index in [1.165, 1.54) is 16.6 Å². The minimum absolute atomic E-state index is 0.0559. The molecule has 0 aliphatic carbocycles. The fourth-order valence-corrected chi connectivity index (χ4v) is 7.67. The van der Waals surface area contributed by atoms with E-state index in [4.69, 9.17) is 9.47 Å². The molecular weight excluding hydrogens is 630 g/mol. The number of rotatable bonds is 10. The number of methoxy groups -OCH3 is 1. The van der Waals surface area contributed by atoms with Crippen LogP contribution in [-0.2, 0) is 27.9 Å². The van der Waals surface area contributed by atoms with E-state index in [0.717, 1.165) is 38.9 Å². The Morgan fingerprint density at radius 3 is 2.73 bits per heavy atom. The summed E-state index contributed by atoms with van der Waals surface area (Å²) in [5.74, 6) is 0.0680. The molecule has 12 nitrogen and oxygen atoms in total. The first kappa shape index (κ1) is 33.0. The van der Waals surface area contributed by atoms with Crippen LogP contribution in [0.1, 0.15) is 60.4 Å². The van der Waals surface area contributed by atoms with Gasteiger partial charge in [0.15, 0.2) is 0 Å². The molecule has 3 aromatic heterocycles. The Morgan fingerprint density at radius 2 is 1.96 bits per heavy atom. The van der Waals surface area contributed by atoms with Gasteiger partial charge in [0, 0.05) is 37.7 Å². The Bertz CT molecular complexity index is 2080. The van der Waals surface area contributed by atoms with E-state index in [1.807, 2.05) is 62.7 Å². The van der Waals surface area contributed by atoms with Gasteiger partial charge < -0.3 is 14.8 Å². The number of benzene rings is 2. The highest BCUT2D eigenvalue weighted by Gasteiger charge is 2.35. The number of ether oxygens (including phenoxy) is 2. The standard InChI is InChI=1S/C35H39N7O5S/c1-6-27-21-41(48(44,45)32-9-8-14-37-35(32)47-27)20-25-15-24(11-10-22(25)3)30(17-33(43)38-26-16-28(46-5)19-36-18-26)29-12-13-31-34(23(29)4)39-40-42(31)7-2/h8-16,18-19,27,30H,6-7,17,20-21H2,1-5H3,(H,38,43)/t27-,30?/m1/s1. The lowest BCUT2D eigenvalue weighted by molar-refractivity contribution is -0.116. The van der Waals surface area contributed by atoms with Gasteiger partial charge in [0.2, 0.25) is 21.8 Å². The maximum Gasteiger partial charge on any atom is 0.248 e. The van der Waals surface area contributed by atoms with E-state index in [-0.39, 0.29) is 48.2 Å². The van der Waals surface area contributed by atoms with Crippen LogP contribution in [0.25, 0.3) is 11.0 Å². The first-order valence-corrected chi connectivity index (χ1v) is 17.4. The minimum atomic E-state index is -3.91. The number of hydrogen-bond acceptors (Lipinski definition) is 9. The monoisotopic (exact) mass is 669 g/mol. The molecule has 2 aromatic carbocycles. The predicted molar refractivity (Wildman–Crippen MR) is 182 cm³/mol. The predicted octanol–water partition coefficient (Wildman–Crippen LogP) is 5.39. The molecular formula is C35H39N7O5S. The zero-order valence-corrected chi connectivity index (χ0v) is 28.5. The highest BCUT2D eigenvalue weighted by atomic mass is 32.2. The van der Waals surface area contributed by atoms with Crippen molar-refractivity contribution in [3.8, 4) is 11.6 Å². The lowest BCUT2D eigenvalue weighted by atomic mass is 9.84. The fourth-order valence-electron chi connectivity index (χ4n) is 6.15. The summed E-state index contributed by atoms with van der Waals surface area (Å²) in [6, 6.07) is 14.9. The zero-order chi connectivity index (χ0) is 34.0. The van der Waals surface area contributed by atoms with Crippen molar-refractivity contribution in [2.45, 2.75) is 70.5 Å². The second-order valence-corrected chi connectivity index (χ2v) is 13.8. The van der Waals surface area contributed by atoms with Crippen LogP contribution < -0.4 is 14.8 Å². The Labute approximate surface area is 280 Å². The van der Waals surface area contributed by atoms with E-state index in [1.54, 1.807) is 31.6 Å². The van der Waals surface area contributed by atoms with Crippen LogP contribution in [0.15, 0.2) is 72.0 Å². The van der Waals surface area contributed by atoms with Crippen molar-refractivity contribution in [1.29, 1.82) is 0 Å². The number of nitrogens with zero attached hydrogens (tertiary/aromatic N) is 6. The highest BCUT2D eigenvalue weighted by Crippen LogP contribution is 2.36. The topological polar surface area (TPSA) is 141 Å². The molecule has 1 unspecified atom stereocenters.